The first kappa shape index (κ1) is 43.1. The second-order valence-corrected chi connectivity index (χ2v) is 15.7. The summed E-state index contributed by atoms with van der Waals surface area (Å²) >= 11 is 0. The van der Waals surface area contributed by atoms with Crippen LogP contribution in [0.3, 0.4) is 0 Å². The summed E-state index contributed by atoms with van der Waals surface area (Å²) in [5, 5.41) is 14.9. The molecule has 13 atom stereocenters. The number of alkyl halides is 2. The van der Waals surface area contributed by atoms with E-state index in [0.717, 1.165) is 10.9 Å². The minimum Gasteiger partial charge on any atom is -0.453 e. The Kier molecular flexibility index (Phi) is 13.2. The summed E-state index contributed by atoms with van der Waals surface area (Å²) in [5.41, 5.74) is -0.360. The Labute approximate surface area is 326 Å². The van der Waals surface area contributed by atoms with Crippen LogP contribution >= 0.6 is 0 Å². The number of aromatic nitrogens is 1. The van der Waals surface area contributed by atoms with Crippen molar-refractivity contribution >= 4 is 34.5 Å². The molecule has 306 valence electrons. The molecule has 5 rings (SSSR count). The van der Waals surface area contributed by atoms with Gasteiger partial charge in [0, 0.05) is 46.9 Å². The van der Waals surface area contributed by atoms with Gasteiger partial charge in [0.05, 0.1) is 29.9 Å². The number of alkyl carbamates (subject to hydrolysis) is 1. The largest absolute Gasteiger partial charge is 0.453 e. The fourth-order valence-corrected chi connectivity index (χ4v) is 8.40. The average Bonchev–Trinajstić information content (AvgIpc) is 3.48. The van der Waals surface area contributed by atoms with Crippen molar-refractivity contribution in [2.45, 2.75) is 122 Å². The fraction of sp³-hybridized carbons (Fsp3) is 0.634. The van der Waals surface area contributed by atoms with Crippen LogP contribution in [0.4, 0.5) is 13.6 Å². The van der Waals surface area contributed by atoms with E-state index in [-0.39, 0.29) is 13.0 Å². The summed E-state index contributed by atoms with van der Waals surface area (Å²) in [6.07, 6.45) is -6.12. The highest BCUT2D eigenvalue weighted by atomic mass is 19.3. The van der Waals surface area contributed by atoms with Crippen molar-refractivity contribution in [3.8, 4) is 11.8 Å². The SMILES string of the molecule is CC[C@H]1OC(=O)C(F)(F)C(=O)[C@H](C)[C@@H](O[C@@H]2O[C@H](C)C[C@H](N(C)C)[C@H]2O)[C@@H](C)[C@@H](OCC#Cc2cnc3ccccc3c2)[C@@H](C)C(=O)[C@H](C)C2NC(=O)O[C@@]21C. The van der Waals surface area contributed by atoms with E-state index in [4.69, 9.17) is 23.7 Å². The van der Waals surface area contributed by atoms with Crippen molar-refractivity contribution < 1.29 is 56.7 Å². The molecule has 1 unspecified atom stereocenters. The monoisotopic (exact) mass is 785 g/mol. The number of Topliss-reactive ketones (excluding diaryl/α,β-unsaturated/α-hetero) is 2. The number of benzene rings is 1. The Morgan fingerprint density at radius 3 is 2.41 bits per heavy atom. The average molecular weight is 786 g/mol. The number of hydrogen-bond donors (Lipinski definition) is 2. The summed E-state index contributed by atoms with van der Waals surface area (Å²) in [7, 11) is 3.54. The summed E-state index contributed by atoms with van der Waals surface area (Å²) < 4.78 is 61.7. The molecule has 3 saturated heterocycles. The quantitative estimate of drug-likeness (QED) is 0.243. The van der Waals surface area contributed by atoms with Crippen LogP contribution in [0.2, 0.25) is 0 Å². The highest BCUT2D eigenvalue weighted by Gasteiger charge is 2.60. The minimum atomic E-state index is -4.67. The van der Waals surface area contributed by atoms with E-state index >= 15 is 8.78 Å². The van der Waals surface area contributed by atoms with Gasteiger partial charge in [-0.3, -0.25) is 14.6 Å². The van der Waals surface area contributed by atoms with Gasteiger partial charge >= 0.3 is 18.0 Å². The zero-order valence-electron chi connectivity index (χ0n) is 33.3. The maximum absolute atomic E-state index is 16.1. The number of ether oxygens (including phenoxy) is 5. The van der Waals surface area contributed by atoms with E-state index in [1.54, 1.807) is 52.9 Å². The first-order valence-electron chi connectivity index (χ1n) is 19.1. The number of nitrogens with zero attached hydrogens (tertiary/aromatic N) is 2. The summed E-state index contributed by atoms with van der Waals surface area (Å²) in [4.78, 5) is 60.6. The molecule has 1 aromatic carbocycles. The number of carbonyl (C=O) groups is 4. The van der Waals surface area contributed by atoms with Crippen molar-refractivity contribution in [2.75, 3.05) is 20.7 Å². The number of esters is 1. The first-order chi connectivity index (χ1) is 26.3. The zero-order chi connectivity index (χ0) is 41.3. The van der Waals surface area contributed by atoms with Crippen LogP contribution in [0, 0.1) is 35.5 Å². The molecule has 2 aromatic rings. The Morgan fingerprint density at radius 2 is 1.73 bits per heavy atom. The second kappa shape index (κ2) is 17.2. The number of nitrogens with one attached hydrogen (secondary N) is 1. The minimum absolute atomic E-state index is 0.0912. The lowest BCUT2D eigenvalue weighted by Gasteiger charge is -2.45. The van der Waals surface area contributed by atoms with Crippen molar-refractivity contribution in [3.05, 3.63) is 42.1 Å². The van der Waals surface area contributed by atoms with Crippen molar-refractivity contribution in [3.63, 3.8) is 0 Å². The first-order valence-corrected chi connectivity index (χ1v) is 19.1. The third kappa shape index (κ3) is 8.60. The summed E-state index contributed by atoms with van der Waals surface area (Å²) in [5.74, 6) is -7.82. The van der Waals surface area contributed by atoms with Crippen LogP contribution in [-0.2, 0) is 38.1 Å². The lowest BCUT2D eigenvalue weighted by atomic mass is 9.74. The number of fused-ring (bicyclic) bond motifs is 2. The smallest absolute Gasteiger partial charge is 0.408 e. The van der Waals surface area contributed by atoms with Gasteiger partial charge in [-0.2, -0.15) is 8.78 Å². The van der Waals surface area contributed by atoms with E-state index in [0.29, 0.717) is 12.0 Å². The molecule has 13 nitrogen and oxygen atoms in total. The maximum Gasteiger partial charge on any atom is 0.408 e. The number of para-hydroxylation sites is 1. The molecular formula is C41H53F2N3O10. The number of aliphatic hydroxyl groups is 1. The van der Waals surface area contributed by atoms with E-state index in [1.807, 2.05) is 30.3 Å². The van der Waals surface area contributed by atoms with Gasteiger partial charge in [-0.25, -0.2) is 9.59 Å². The lowest BCUT2D eigenvalue weighted by molar-refractivity contribution is -0.282. The number of pyridine rings is 1. The Balaban J connectivity index is 1.58. The van der Waals surface area contributed by atoms with Crippen molar-refractivity contribution in [1.82, 2.24) is 15.2 Å². The predicted octanol–water partition coefficient (Wildman–Crippen LogP) is 4.30. The zero-order valence-corrected chi connectivity index (χ0v) is 33.3. The number of ketones is 2. The van der Waals surface area contributed by atoms with Crippen LogP contribution in [0.5, 0.6) is 0 Å². The van der Waals surface area contributed by atoms with Crippen LogP contribution in [0.25, 0.3) is 10.9 Å². The molecular weight excluding hydrogens is 732 g/mol. The van der Waals surface area contributed by atoms with Gasteiger partial charge in [0.1, 0.15) is 24.6 Å². The number of halogens is 2. The lowest BCUT2D eigenvalue weighted by Crippen LogP contribution is -2.60. The van der Waals surface area contributed by atoms with E-state index in [2.05, 4.69) is 22.1 Å². The number of amides is 1. The standard InChI is InChI=1S/C41H53F2N3O10/c1-10-30-40(7)35(45-39(51)56-40)23(4)31(47)22(3)33(52-17-13-14-26-19-27-15-11-12-16-28(27)44-20-26)24(5)34(25(6)36(49)41(42,43)38(50)54-30)55-37-32(48)29(46(8)9)18-21(2)53-37/h11-12,15-16,19-25,29-30,32-35,37,48H,10,17-18H2,1-9H3,(H,45,51)/t21-,22+,23+,24+,25-,29+,30-,32-,33+,34+,35?,37+,40-/m1/s1. The number of likely N-dealkylation sites (N-methyl/N-ethyl adjacent to an activating group) is 1. The van der Waals surface area contributed by atoms with Gasteiger partial charge in [-0.15, -0.1) is 0 Å². The van der Waals surface area contributed by atoms with E-state index in [1.165, 1.54) is 20.8 Å². The highest BCUT2D eigenvalue weighted by Crippen LogP contribution is 2.40. The van der Waals surface area contributed by atoms with Gasteiger partial charge in [0.25, 0.3) is 0 Å². The molecule has 3 aliphatic heterocycles. The van der Waals surface area contributed by atoms with Crippen LogP contribution in [-0.4, -0.2) is 120 Å². The highest BCUT2D eigenvalue weighted by molar-refractivity contribution is 6.06. The van der Waals surface area contributed by atoms with Gasteiger partial charge in [-0.1, -0.05) is 64.7 Å². The van der Waals surface area contributed by atoms with Gasteiger partial charge in [0.2, 0.25) is 5.78 Å². The molecule has 0 radical (unpaired) electrons. The van der Waals surface area contributed by atoms with Crippen LogP contribution in [0.1, 0.15) is 66.9 Å². The Morgan fingerprint density at radius 1 is 1.04 bits per heavy atom. The van der Waals surface area contributed by atoms with Crippen LogP contribution < -0.4 is 5.32 Å². The number of carbonyl (C=O) groups excluding carboxylic acids is 4. The Hall–Kier alpha value is -4.07. The molecule has 0 spiro atoms. The predicted molar refractivity (Wildman–Crippen MR) is 199 cm³/mol. The molecule has 1 amide bonds. The van der Waals surface area contributed by atoms with Gasteiger partial charge < -0.3 is 39.0 Å². The molecule has 0 saturated carbocycles. The molecule has 0 bridgehead atoms. The molecule has 3 fully saturated rings. The molecule has 3 aliphatic rings. The molecule has 2 N–H and O–H groups in total. The number of cyclic esters (lactones) is 1. The number of aliphatic hydroxyl groups excluding tert-OH is 1. The molecule has 1 aromatic heterocycles. The fourth-order valence-electron chi connectivity index (χ4n) is 8.40. The van der Waals surface area contributed by atoms with Gasteiger partial charge in [0.15, 0.2) is 11.9 Å². The Bertz CT molecular complexity index is 1850. The molecule has 56 heavy (non-hydrogen) atoms. The van der Waals surface area contributed by atoms with E-state index in [9.17, 15) is 24.3 Å². The third-order valence-electron chi connectivity index (χ3n) is 11.6. The molecule has 4 heterocycles. The van der Waals surface area contributed by atoms with Crippen molar-refractivity contribution in [2.24, 2.45) is 23.7 Å². The maximum atomic E-state index is 16.1. The molecule has 0 aliphatic carbocycles. The topological polar surface area (TPSA) is 163 Å². The summed E-state index contributed by atoms with van der Waals surface area (Å²) in [6.45, 7) is 10.4. The summed E-state index contributed by atoms with van der Waals surface area (Å²) in [6, 6.07) is 7.84. The molecule has 15 heteroatoms. The number of rotatable bonds is 6. The number of hydrogen-bond acceptors (Lipinski definition) is 12. The second-order valence-electron chi connectivity index (χ2n) is 15.7. The third-order valence-corrected chi connectivity index (χ3v) is 11.6. The normalized spacial score (nSPS) is 36.8. The van der Waals surface area contributed by atoms with Crippen LogP contribution in [0.15, 0.2) is 36.5 Å². The van der Waals surface area contributed by atoms with Gasteiger partial charge in [-0.05, 0) is 52.9 Å². The van der Waals surface area contributed by atoms with E-state index < -0.39 is 108 Å². The van der Waals surface area contributed by atoms with Crippen molar-refractivity contribution in [1.29, 1.82) is 0 Å².